The van der Waals surface area contributed by atoms with Crippen molar-refractivity contribution in [2.24, 2.45) is 4.99 Å². The zero-order valence-electron chi connectivity index (χ0n) is 17.6. The average Bonchev–Trinajstić information content (AvgIpc) is 2.74. The number of carbonyl (C=O) groups is 2. The predicted octanol–water partition coefficient (Wildman–Crippen LogP) is 2.74. The fourth-order valence-corrected chi connectivity index (χ4v) is 3.52. The van der Waals surface area contributed by atoms with Crippen molar-refractivity contribution < 1.29 is 9.59 Å². The van der Waals surface area contributed by atoms with E-state index in [0.29, 0.717) is 36.8 Å². The highest BCUT2D eigenvalue weighted by Crippen LogP contribution is 2.13. The number of rotatable bonds is 5. The third kappa shape index (κ3) is 7.10. The quantitative estimate of drug-likeness (QED) is 0.338. The van der Waals surface area contributed by atoms with E-state index < -0.39 is 0 Å². The van der Waals surface area contributed by atoms with Crippen LogP contribution < -0.4 is 10.6 Å². The van der Waals surface area contributed by atoms with E-state index in [1.165, 1.54) is 0 Å². The summed E-state index contributed by atoms with van der Waals surface area (Å²) in [5.41, 5.74) is 2.71. The number of benzene rings is 2. The monoisotopic (exact) mass is 555 g/mol. The zero-order chi connectivity index (χ0) is 21.5. The summed E-state index contributed by atoms with van der Waals surface area (Å²) >= 11 is 6.06. The number of guanidine groups is 1. The molecule has 0 atom stereocenters. The third-order valence-corrected chi connectivity index (χ3v) is 5.09. The number of aliphatic imine (C=N–C) groups is 1. The van der Waals surface area contributed by atoms with Gasteiger partial charge in [0.05, 0.1) is 6.54 Å². The second-order valence-corrected chi connectivity index (χ2v) is 7.60. The number of hydrogen-bond donors (Lipinski definition) is 2. The summed E-state index contributed by atoms with van der Waals surface area (Å²) in [6, 6.07) is 15.2. The van der Waals surface area contributed by atoms with Crippen molar-refractivity contribution in [2.45, 2.75) is 13.1 Å². The summed E-state index contributed by atoms with van der Waals surface area (Å²) in [6.45, 7) is 2.39. The number of amides is 2. The second-order valence-electron chi connectivity index (χ2n) is 7.16. The first-order valence-corrected chi connectivity index (χ1v) is 10.1. The van der Waals surface area contributed by atoms with Gasteiger partial charge in [0.25, 0.3) is 5.91 Å². The van der Waals surface area contributed by atoms with Gasteiger partial charge in [0.2, 0.25) is 5.91 Å². The number of halogens is 2. The first-order valence-electron chi connectivity index (χ1n) is 9.77. The molecule has 2 aromatic carbocycles. The Balaban J connectivity index is 0.00000341. The molecule has 0 saturated carbocycles. The molecule has 2 N–H and O–H groups in total. The summed E-state index contributed by atoms with van der Waals surface area (Å²) in [5.74, 6) is 0.513. The Morgan fingerprint density at radius 1 is 1.23 bits per heavy atom. The molecular formula is C22H27ClIN5O2. The smallest absolute Gasteiger partial charge is 0.254 e. The van der Waals surface area contributed by atoms with E-state index in [9.17, 15) is 9.59 Å². The Morgan fingerprint density at radius 2 is 1.97 bits per heavy atom. The number of piperazine rings is 1. The lowest BCUT2D eigenvalue weighted by molar-refractivity contribution is -0.123. The maximum absolute atomic E-state index is 12.6. The van der Waals surface area contributed by atoms with Gasteiger partial charge in [-0.15, -0.1) is 24.0 Å². The molecular weight excluding hydrogens is 529 g/mol. The van der Waals surface area contributed by atoms with E-state index in [0.717, 1.165) is 17.1 Å². The lowest BCUT2D eigenvalue weighted by Crippen LogP contribution is -2.49. The summed E-state index contributed by atoms with van der Waals surface area (Å²) in [5, 5.41) is 6.77. The molecule has 3 rings (SSSR count). The van der Waals surface area contributed by atoms with Crippen LogP contribution in [-0.2, 0) is 17.9 Å². The number of hydrogen-bond acceptors (Lipinski definition) is 3. The molecule has 1 aliphatic heterocycles. The molecule has 1 heterocycles. The van der Waals surface area contributed by atoms with Crippen LogP contribution in [0.4, 0.5) is 0 Å². The molecule has 0 spiro atoms. The SMILES string of the molecule is CN=C(NCc1ccc(C(=O)N2CCNC(=O)C2)cc1)N(C)Cc1cccc(Cl)c1.I. The molecule has 0 bridgehead atoms. The topological polar surface area (TPSA) is 77.0 Å². The molecule has 0 unspecified atom stereocenters. The van der Waals surface area contributed by atoms with Gasteiger partial charge < -0.3 is 20.4 Å². The molecule has 31 heavy (non-hydrogen) atoms. The Bertz CT molecular complexity index is 936. The molecule has 2 amide bonds. The first kappa shape index (κ1) is 24.9. The van der Waals surface area contributed by atoms with Gasteiger partial charge >= 0.3 is 0 Å². The molecule has 7 nitrogen and oxygen atoms in total. The van der Waals surface area contributed by atoms with Crippen LogP contribution in [-0.4, -0.2) is 61.3 Å². The van der Waals surface area contributed by atoms with Crippen LogP contribution in [0.5, 0.6) is 0 Å². The van der Waals surface area contributed by atoms with Gasteiger partial charge in [-0.05, 0) is 35.4 Å². The van der Waals surface area contributed by atoms with Crippen LogP contribution >= 0.6 is 35.6 Å². The molecule has 2 aromatic rings. The Hall–Kier alpha value is -2.33. The Kier molecular flexibility index (Phi) is 9.57. The maximum atomic E-state index is 12.6. The fourth-order valence-electron chi connectivity index (χ4n) is 3.31. The minimum Gasteiger partial charge on any atom is -0.353 e. The van der Waals surface area contributed by atoms with E-state index in [1.807, 2.05) is 48.3 Å². The van der Waals surface area contributed by atoms with Gasteiger partial charge in [-0.25, -0.2) is 0 Å². The van der Waals surface area contributed by atoms with Gasteiger partial charge in [-0.1, -0.05) is 35.9 Å². The van der Waals surface area contributed by atoms with Crippen molar-refractivity contribution in [3.05, 3.63) is 70.2 Å². The lowest BCUT2D eigenvalue weighted by Gasteiger charge is -2.26. The van der Waals surface area contributed by atoms with Gasteiger partial charge in [-0.2, -0.15) is 0 Å². The summed E-state index contributed by atoms with van der Waals surface area (Å²) in [4.78, 5) is 32.0. The highest BCUT2D eigenvalue weighted by Gasteiger charge is 2.22. The number of carbonyl (C=O) groups excluding carboxylic acids is 2. The van der Waals surface area contributed by atoms with E-state index in [2.05, 4.69) is 15.6 Å². The van der Waals surface area contributed by atoms with Gasteiger partial charge in [0.1, 0.15) is 0 Å². The molecule has 0 aliphatic carbocycles. The van der Waals surface area contributed by atoms with Crippen LogP contribution in [0, 0.1) is 0 Å². The van der Waals surface area contributed by atoms with Crippen molar-refractivity contribution >= 4 is 53.4 Å². The minimum atomic E-state index is -0.124. The van der Waals surface area contributed by atoms with Crippen LogP contribution in [0.25, 0.3) is 0 Å². The second kappa shape index (κ2) is 11.9. The van der Waals surface area contributed by atoms with Crippen molar-refractivity contribution in [1.29, 1.82) is 0 Å². The minimum absolute atomic E-state index is 0. The predicted molar refractivity (Wildman–Crippen MR) is 134 cm³/mol. The van der Waals surface area contributed by atoms with Gasteiger partial charge in [0, 0.05) is 50.9 Å². The van der Waals surface area contributed by atoms with E-state index in [1.54, 1.807) is 24.1 Å². The standard InChI is InChI=1S/C22H26ClN5O2.HI/c1-24-22(27(2)14-17-4-3-5-19(23)12-17)26-13-16-6-8-18(9-7-16)21(30)28-11-10-25-20(29)15-28;/h3-9,12H,10-11,13-15H2,1-2H3,(H,24,26)(H,25,29);1H. The average molecular weight is 556 g/mol. The van der Waals surface area contributed by atoms with E-state index in [4.69, 9.17) is 11.6 Å². The Labute approximate surface area is 204 Å². The van der Waals surface area contributed by atoms with Crippen molar-refractivity contribution in [2.75, 3.05) is 33.7 Å². The van der Waals surface area contributed by atoms with Crippen LogP contribution in [0.15, 0.2) is 53.5 Å². The highest BCUT2D eigenvalue weighted by atomic mass is 127. The zero-order valence-corrected chi connectivity index (χ0v) is 20.7. The highest BCUT2D eigenvalue weighted by molar-refractivity contribution is 14.0. The lowest BCUT2D eigenvalue weighted by atomic mass is 10.1. The van der Waals surface area contributed by atoms with Crippen LogP contribution in [0.2, 0.25) is 5.02 Å². The molecule has 0 aromatic heterocycles. The van der Waals surface area contributed by atoms with E-state index in [-0.39, 0.29) is 42.3 Å². The fraction of sp³-hybridized carbons (Fsp3) is 0.318. The molecule has 0 radical (unpaired) electrons. The molecule has 1 fully saturated rings. The van der Waals surface area contributed by atoms with E-state index >= 15 is 0 Å². The first-order chi connectivity index (χ1) is 14.5. The van der Waals surface area contributed by atoms with Crippen LogP contribution in [0.1, 0.15) is 21.5 Å². The van der Waals surface area contributed by atoms with Crippen molar-refractivity contribution in [1.82, 2.24) is 20.4 Å². The van der Waals surface area contributed by atoms with Gasteiger partial charge in [-0.3, -0.25) is 14.6 Å². The maximum Gasteiger partial charge on any atom is 0.254 e. The molecule has 166 valence electrons. The largest absolute Gasteiger partial charge is 0.353 e. The summed E-state index contributed by atoms with van der Waals surface area (Å²) in [7, 11) is 3.71. The Morgan fingerprint density at radius 3 is 2.61 bits per heavy atom. The van der Waals surface area contributed by atoms with Crippen LogP contribution in [0.3, 0.4) is 0 Å². The van der Waals surface area contributed by atoms with Crippen molar-refractivity contribution in [3.63, 3.8) is 0 Å². The summed E-state index contributed by atoms with van der Waals surface area (Å²) < 4.78 is 0. The molecule has 1 aliphatic rings. The van der Waals surface area contributed by atoms with Crippen molar-refractivity contribution in [3.8, 4) is 0 Å². The third-order valence-electron chi connectivity index (χ3n) is 4.86. The summed E-state index contributed by atoms with van der Waals surface area (Å²) in [6.07, 6.45) is 0. The number of nitrogens with one attached hydrogen (secondary N) is 2. The number of nitrogens with zero attached hydrogens (tertiary/aromatic N) is 3. The molecule has 1 saturated heterocycles. The normalized spacial score (nSPS) is 13.8. The van der Waals surface area contributed by atoms with Gasteiger partial charge in [0.15, 0.2) is 5.96 Å². The molecule has 9 heteroatoms.